The number of methoxy groups -OCH3 is 2. The van der Waals surface area contributed by atoms with Gasteiger partial charge in [-0.2, -0.15) is 0 Å². The minimum atomic E-state index is -1.47. The second kappa shape index (κ2) is 7.55. The van der Waals surface area contributed by atoms with Gasteiger partial charge in [0, 0.05) is 23.8 Å². The van der Waals surface area contributed by atoms with Crippen LogP contribution in [0.25, 0.3) is 0 Å². The van der Waals surface area contributed by atoms with Gasteiger partial charge in [-0.25, -0.2) is 4.39 Å². The van der Waals surface area contributed by atoms with Crippen LogP contribution in [0, 0.1) is 17.7 Å². The number of rotatable bonds is 5. The van der Waals surface area contributed by atoms with Crippen molar-refractivity contribution in [3.8, 4) is 11.5 Å². The van der Waals surface area contributed by atoms with E-state index in [9.17, 15) is 18.8 Å². The Hall–Kier alpha value is -3.46. The molecule has 3 heterocycles. The van der Waals surface area contributed by atoms with Gasteiger partial charge >= 0.3 is 0 Å². The third-order valence-electron chi connectivity index (χ3n) is 6.99. The first-order chi connectivity index (χ1) is 15.8. The molecule has 33 heavy (non-hydrogen) atoms. The fraction of sp³-hybridized carbons (Fsp3) is 0.375. The monoisotopic (exact) mass is 453 g/mol. The van der Waals surface area contributed by atoms with Gasteiger partial charge in [-0.1, -0.05) is 6.07 Å². The highest BCUT2D eigenvalue weighted by Gasteiger charge is 2.69. The summed E-state index contributed by atoms with van der Waals surface area (Å²) in [6.07, 6.45) is 0.420. The van der Waals surface area contributed by atoms with E-state index >= 15 is 0 Å². The first-order valence-electron chi connectivity index (χ1n) is 10.8. The lowest BCUT2D eigenvalue weighted by Crippen LogP contribution is -2.53. The molecule has 1 spiro atoms. The summed E-state index contributed by atoms with van der Waals surface area (Å²) >= 11 is 0. The van der Waals surface area contributed by atoms with Gasteiger partial charge in [-0.05, 0) is 49.2 Å². The highest BCUT2D eigenvalue weighted by atomic mass is 19.1. The van der Waals surface area contributed by atoms with Crippen LogP contribution in [0.5, 0.6) is 11.5 Å². The van der Waals surface area contributed by atoms with E-state index in [1.54, 1.807) is 26.2 Å². The lowest BCUT2D eigenvalue weighted by molar-refractivity contribution is -0.142. The number of nitrogens with zero attached hydrogens (tertiary/aromatic N) is 1. The van der Waals surface area contributed by atoms with Crippen molar-refractivity contribution >= 4 is 23.4 Å². The van der Waals surface area contributed by atoms with Crippen LogP contribution in [0.4, 0.5) is 10.1 Å². The number of hydrogen-bond donors (Lipinski definition) is 2. The summed E-state index contributed by atoms with van der Waals surface area (Å²) in [6.45, 7) is 1.95. The van der Waals surface area contributed by atoms with E-state index in [1.807, 2.05) is 6.07 Å². The molecule has 3 aliphatic rings. The molecule has 4 atom stereocenters. The first-order valence-corrected chi connectivity index (χ1v) is 10.8. The molecule has 9 heteroatoms. The van der Waals surface area contributed by atoms with E-state index in [4.69, 9.17) is 9.47 Å². The molecular formula is C24H24FN3O5. The predicted molar refractivity (Wildman–Crippen MR) is 116 cm³/mol. The van der Waals surface area contributed by atoms with E-state index < -0.39 is 41.0 Å². The molecule has 172 valence electrons. The van der Waals surface area contributed by atoms with Crippen molar-refractivity contribution in [1.29, 1.82) is 0 Å². The van der Waals surface area contributed by atoms with Crippen LogP contribution < -0.4 is 20.1 Å². The molecule has 0 bridgehead atoms. The molecule has 0 aromatic heterocycles. The van der Waals surface area contributed by atoms with E-state index in [0.717, 1.165) is 5.56 Å². The van der Waals surface area contributed by atoms with Crippen molar-refractivity contribution in [2.75, 3.05) is 26.1 Å². The van der Waals surface area contributed by atoms with E-state index in [2.05, 4.69) is 10.6 Å². The molecule has 2 saturated heterocycles. The molecule has 2 aromatic carbocycles. The number of carbonyl (C=O) groups excluding carboxylic acids is 3. The number of anilines is 1. The average molecular weight is 453 g/mol. The topological polar surface area (TPSA) is 97.0 Å². The van der Waals surface area contributed by atoms with E-state index in [1.165, 1.54) is 30.2 Å². The molecule has 0 radical (unpaired) electrons. The Morgan fingerprint density at radius 1 is 1.03 bits per heavy atom. The Kier molecular flexibility index (Phi) is 4.89. The zero-order chi connectivity index (χ0) is 23.5. The SMILES string of the molecule is COc1ccc(CCN2C(=O)C3C(C)NC4(C(=O)Nc5ccc(F)cc54)C3C2=O)cc1OC. The van der Waals surface area contributed by atoms with Gasteiger partial charge in [0.25, 0.3) is 0 Å². The fourth-order valence-electron chi connectivity index (χ4n) is 5.49. The van der Waals surface area contributed by atoms with Gasteiger partial charge < -0.3 is 14.8 Å². The average Bonchev–Trinajstić information content (AvgIpc) is 3.36. The van der Waals surface area contributed by atoms with E-state index in [-0.39, 0.29) is 12.5 Å². The molecule has 0 aliphatic carbocycles. The van der Waals surface area contributed by atoms with Crippen LogP contribution in [-0.4, -0.2) is 49.4 Å². The van der Waals surface area contributed by atoms with Crippen LogP contribution >= 0.6 is 0 Å². The largest absolute Gasteiger partial charge is 0.493 e. The standard InChI is InChI=1S/C24H24FN3O5/c1-12-19-20(24(27-12)15-11-14(25)5-6-16(15)26-23(24)31)22(30)28(21(19)29)9-8-13-4-7-17(32-2)18(10-13)33-3/h4-7,10-12,19-20,27H,8-9H2,1-3H3,(H,26,31). The lowest BCUT2D eigenvalue weighted by atomic mass is 9.76. The summed E-state index contributed by atoms with van der Waals surface area (Å²) in [4.78, 5) is 41.2. The van der Waals surface area contributed by atoms with E-state index in [0.29, 0.717) is 29.2 Å². The quantitative estimate of drug-likeness (QED) is 0.671. The maximum Gasteiger partial charge on any atom is 0.250 e. The summed E-state index contributed by atoms with van der Waals surface area (Å²) in [5.41, 5.74) is 0.226. The molecule has 2 N–H and O–H groups in total. The van der Waals surface area contributed by atoms with Crippen LogP contribution in [0.3, 0.4) is 0 Å². The molecule has 3 amide bonds. The molecule has 0 saturated carbocycles. The Labute approximate surface area is 190 Å². The summed E-state index contributed by atoms with van der Waals surface area (Å²) in [7, 11) is 3.09. The minimum Gasteiger partial charge on any atom is -0.493 e. The number of nitrogens with one attached hydrogen (secondary N) is 2. The second-order valence-corrected chi connectivity index (χ2v) is 8.66. The van der Waals surface area contributed by atoms with Gasteiger partial charge in [0.15, 0.2) is 11.5 Å². The van der Waals surface area contributed by atoms with Crippen LogP contribution in [0.1, 0.15) is 18.1 Å². The van der Waals surface area contributed by atoms with Crippen molar-refractivity contribution in [1.82, 2.24) is 10.2 Å². The Morgan fingerprint density at radius 2 is 1.79 bits per heavy atom. The smallest absolute Gasteiger partial charge is 0.250 e. The zero-order valence-electron chi connectivity index (χ0n) is 18.5. The second-order valence-electron chi connectivity index (χ2n) is 8.66. The van der Waals surface area contributed by atoms with Crippen molar-refractivity contribution in [2.24, 2.45) is 11.8 Å². The maximum absolute atomic E-state index is 14.1. The number of imide groups is 1. The third-order valence-corrected chi connectivity index (χ3v) is 6.99. The Morgan fingerprint density at radius 3 is 2.52 bits per heavy atom. The van der Waals surface area contributed by atoms with Crippen LogP contribution in [0.15, 0.2) is 36.4 Å². The minimum absolute atomic E-state index is 0.167. The van der Waals surface area contributed by atoms with Crippen molar-refractivity contribution in [2.45, 2.75) is 24.9 Å². The first kappa shape index (κ1) is 21.4. The number of fused-ring (bicyclic) bond motifs is 4. The summed E-state index contributed by atoms with van der Waals surface area (Å²) < 4.78 is 24.7. The molecule has 4 unspecified atom stereocenters. The van der Waals surface area contributed by atoms with Crippen LogP contribution in [-0.2, 0) is 26.3 Å². The zero-order valence-corrected chi connectivity index (χ0v) is 18.5. The summed E-state index contributed by atoms with van der Waals surface area (Å²) in [6, 6.07) is 8.99. The van der Waals surface area contributed by atoms with Gasteiger partial charge in [0.1, 0.15) is 11.4 Å². The maximum atomic E-state index is 14.1. The molecule has 3 aliphatic heterocycles. The number of likely N-dealkylation sites (tertiary alicyclic amines) is 1. The highest BCUT2D eigenvalue weighted by Crippen LogP contribution is 2.52. The normalized spacial score (nSPS) is 27.7. The van der Waals surface area contributed by atoms with Gasteiger partial charge in [0.2, 0.25) is 17.7 Å². The van der Waals surface area contributed by atoms with Crippen LogP contribution in [0.2, 0.25) is 0 Å². The highest BCUT2D eigenvalue weighted by molar-refractivity contribution is 6.15. The summed E-state index contributed by atoms with van der Waals surface area (Å²) in [5.74, 6) is -2.19. The molecule has 2 fully saturated rings. The molecular weight excluding hydrogens is 429 g/mol. The summed E-state index contributed by atoms with van der Waals surface area (Å²) in [5, 5.41) is 5.92. The van der Waals surface area contributed by atoms with Gasteiger partial charge in [0.05, 0.1) is 26.1 Å². The molecule has 8 nitrogen and oxygen atoms in total. The number of benzene rings is 2. The third kappa shape index (κ3) is 2.95. The van der Waals surface area contributed by atoms with Crippen molar-refractivity contribution in [3.05, 3.63) is 53.3 Å². The Bertz CT molecular complexity index is 1180. The molecule has 2 aromatic rings. The predicted octanol–water partition coefficient (Wildman–Crippen LogP) is 1.83. The number of halogens is 1. The lowest BCUT2D eigenvalue weighted by Gasteiger charge is -2.29. The van der Waals surface area contributed by atoms with Crippen molar-refractivity contribution in [3.63, 3.8) is 0 Å². The van der Waals surface area contributed by atoms with Gasteiger partial charge in [-0.15, -0.1) is 0 Å². The van der Waals surface area contributed by atoms with Gasteiger partial charge in [-0.3, -0.25) is 24.6 Å². The number of ether oxygens (including phenoxy) is 2. The Balaban J connectivity index is 1.45. The number of hydrogen-bond acceptors (Lipinski definition) is 6. The fourth-order valence-corrected chi connectivity index (χ4v) is 5.49. The number of carbonyl (C=O) groups is 3. The van der Waals surface area contributed by atoms with Crippen molar-refractivity contribution < 1.29 is 28.2 Å². The molecule has 5 rings (SSSR count). The number of amides is 3.